The summed E-state index contributed by atoms with van der Waals surface area (Å²) in [5.74, 6) is 0.0408. The van der Waals surface area contributed by atoms with E-state index in [1.54, 1.807) is 24.3 Å². The Morgan fingerprint density at radius 3 is 2.65 bits per heavy atom. The number of halogens is 1. The third-order valence-corrected chi connectivity index (χ3v) is 3.81. The molecule has 0 aromatic heterocycles. The molecule has 1 aromatic carbocycles. The summed E-state index contributed by atoms with van der Waals surface area (Å²) in [4.78, 5) is 26.0. The zero-order valence-corrected chi connectivity index (χ0v) is 12.3. The minimum absolute atomic E-state index is 0.0159. The van der Waals surface area contributed by atoms with Crippen LogP contribution in [-0.4, -0.2) is 42.3 Å². The van der Waals surface area contributed by atoms with Crippen LogP contribution >= 0.6 is 11.6 Å². The van der Waals surface area contributed by atoms with Crippen molar-refractivity contribution in [2.75, 3.05) is 19.6 Å². The third kappa shape index (κ3) is 3.81. The van der Waals surface area contributed by atoms with E-state index in [1.807, 2.05) is 11.8 Å². The lowest BCUT2D eigenvalue weighted by Gasteiger charge is -2.34. The zero-order chi connectivity index (χ0) is 14.5. The van der Waals surface area contributed by atoms with E-state index in [-0.39, 0.29) is 30.6 Å². The van der Waals surface area contributed by atoms with Crippen LogP contribution in [0.25, 0.3) is 0 Å². The van der Waals surface area contributed by atoms with Gasteiger partial charge < -0.3 is 10.2 Å². The van der Waals surface area contributed by atoms with Crippen molar-refractivity contribution in [1.29, 1.82) is 0 Å². The van der Waals surface area contributed by atoms with E-state index < -0.39 is 0 Å². The van der Waals surface area contributed by atoms with Gasteiger partial charge in [0.05, 0.1) is 0 Å². The van der Waals surface area contributed by atoms with Gasteiger partial charge in [-0.05, 0) is 31.2 Å². The van der Waals surface area contributed by atoms with Crippen molar-refractivity contribution in [2.24, 2.45) is 0 Å². The molecule has 5 heteroatoms. The molecule has 0 aliphatic carbocycles. The highest BCUT2D eigenvalue weighted by Gasteiger charge is 2.23. The Morgan fingerprint density at radius 2 is 2.00 bits per heavy atom. The number of nitrogens with one attached hydrogen (secondary N) is 1. The second-order valence-electron chi connectivity index (χ2n) is 5.07. The van der Waals surface area contributed by atoms with Crippen molar-refractivity contribution in [3.05, 3.63) is 34.9 Å². The van der Waals surface area contributed by atoms with Crippen molar-refractivity contribution in [2.45, 2.75) is 25.8 Å². The molecule has 0 unspecified atom stereocenters. The maximum atomic E-state index is 12.1. The summed E-state index contributed by atoms with van der Waals surface area (Å²) in [5, 5.41) is 3.85. The molecule has 1 heterocycles. The first kappa shape index (κ1) is 15.0. The van der Waals surface area contributed by atoms with Gasteiger partial charge in [-0.25, -0.2) is 0 Å². The standard InChI is InChI=1S/C15H19ClN2O2/c1-11-10-17-8-9-18(11)15(20)7-6-14(19)12-2-4-13(16)5-3-12/h2-5,11,17H,6-10H2,1H3/t11-/m1/s1. The second kappa shape index (κ2) is 6.86. The average Bonchev–Trinajstić information content (AvgIpc) is 2.45. The molecule has 1 saturated heterocycles. The molecule has 1 aromatic rings. The monoisotopic (exact) mass is 294 g/mol. The number of amides is 1. The van der Waals surface area contributed by atoms with E-state index in [1.165, 1.54) is 0 Å². The summed E-state index contributed by atoms with van der Waals surface area (Å²) in [6.45, 7) is 4.37. The molecule has 0 spiro atoms. The van der Waals surface area contributed by atoms with Crippen LogP contribution in [0, 0.1) is 0 Å². The number of Topliss-reactive ketones (excluding diaryl/α,β-unsaturated/α-hetero) is 1. The highest BCUT2D eigenvalue weighted by molar-refractivity contribution is 6.30. The fraction of sp³-hybridized carbons (Fsp3) is 0.467. The van der Waals surface area contributed by atoms with Crippen LogP contribution in [0.3, 0.4) is 0 Å². The smallest absolute Gasteiger partial charge is 0.223 e. The molecule has 2 rings (SSSR count). The zero-order valence-electron chi connectivity index (χ0n) is 11.6. The Bertz CT molecular complexity index is 487. The Kier molecular flexibility index (Phi) is 5.15. The fourth-order valence-electron chi connectivity index (χ4n) is 2.36. The summed E-state index contributed by atoms with van der Waals surface area (Å²) < 4.78 is 0. The molecule has 0 radical (unpaired) electrons. The predicted octanol–water partition coefficient (Wildman–Crippen LogP) is 2.12. The summed E-state index contributed by atoms with van der Waals surface area (Å²) in [7, 11) is 0. The van der Waals surface area contributed by atoms with Gasteiger partial charge in [-0.1, -0.05) is 11.6 Å². The molecule has 20 heavy (non-hydrogen) atoms. The number of piperazine rings is 1. The van der Waals surface area contributed by atoms with Gasteiger partial charge in [-0.15, -0.1) is 0 Å². The third-order valence-electron chi connectivity index (χ3n) is 3.55. The van der Waals surface area contributed by atoms with E-state index >= 15 is 0 Å². The van der Waals surface area contributed by atoms with Gasteiger partial charge in [0.15, 0.2) is 5.78 Å². The van der Waals surface area contributed by atoms with Gasteiger partial charge in [-0.3, -0.25) is 9.59 Å². The summed E-state index contributed by atoms with van der Waals surface area (Å²) >= 11 is 5.78. The van der Waals surface area contributed by atoms with Crippen LogP contribution < -0.4 is 5.32 Å². The second-order valence-corrected chi connectivity index (χ2v) is 5.51. The SMILES string of the molecule is C[C@@H]1CNCCN1C(=O)CCC(=O)c1ccc(Cl)cc1. The Morgan fingerprint density at radius 1 is 1.30 bits per heavy atom. The largest absolute Gasteiger partial charge is 0.337 e. The Hall–Kier alpha value is -1.39. The van der Waals surface area contributed by atoms with Gasteiger partial charge in [-0.2, -0.15) is 0 Å². The Labute approximate surface area is 124 Å². The maximum absolute atomic E-state index is 12.1. The van der Waals surface area contributed by atoms with E-state index in [2.05, 4.69) is 5.32 Å². The lowest BCUT2D eigenvalue weighted by atomic mass is 10.1. The van der Waals surface area contributed by atoms with E-state index in [9.17, 15) is 9.59 Å². The van der Waals surface area contributed by atoms with E-state index in [0.717, 1.165) is 19.6 Å². The number of benzene rings is 1. The number of carbonyl (C=O) groups is 2. The maximum Gasteiger partial charge on any atom is 0.223 e. The van der Waals surface area contributed by atoms with Gasteiger partial charge >= 0.3 is 0 Å². The molecule has 4 nitrogen and oxygen atoms in total. The van der Waals surface area contributed by atoms with Gasteiger partial charge in [0.1, 0.15) is 0 Å². The van der Waals surface area contributed by atoms with Crippen molar-refractivity contribution >= 4 is 23.3 Å². The number of carbonyl (C=O) groups excluding carboxylic acids is 2. The number of hydrogen-bond acceptors (Lipinski definition) is 3. The molecule has 0 saturated carbocycles. The number of nitrogens with zero attached hydrogens (tertiary/aromatic N) is 1. The van der Waals surface area contributed by atoms with E-state index in [4.69, 9.17) is 11.6 Å². The highest BCUT2D eigenvalue weighted by atomic mass is 35.5. The van der Waals surface area contributed by atoms with Crippen molar-refractivity contribution in [1.82, 2.24) is 10.2 Å². The average molecular weight is 295 g/mol. The first-order valence-electron chi connectivity index (χ1n) is 6.87. The fourth-order valence-corrected chi connectivity index (χ4v) is 2.48. The molecule has 1 aliphatic heterocycles. The minimum Gasteiger partial charge on any atom is -0.337 e. The summed E-state index contributed by atoms with van der Waals surface area (Å²) in [6, 6.07) is 6.97. The number of ketones is 1. The van der Waals surface area contributed by atoms with Crippen molar-refractivity contribution in [3.63, 3.8) is 0 Å². The molecular weight excluding hydrogens is 276 g/mol. The van der Waals surface area contributed by atoms with Crippen LogP contribution in [0.5, 0.6) is 0 Å². The normalized spacial score (nSPS) is 18.9. The van der Waals surface area contributed by atoms with Crippen molar-refractivity contribution in [3.8, 4) is 0 Å². The molecule has 1 atom stereocenters. The lowest BCUT2D eigenvalue weighted by molar-refractivity contribution is -0.133. The number of hydrogen-bond donors (Lipinski definition) is 1. The van der Waals surface area contributed by atoms with Crippen molar-refractivity contribution < 1.29 is 9.59 Å². The molecule has 0 bridgehead atoms. The lowest BCUT2D eigenvalue weighted by Crippen LogP contribution is -2.52. The van der Waals surface area contributed by atoms with Crippen LogP contribution in [0.15, 0.2) is 24.3 Å². The van der Waals surface area contributed by atoms with Crippen LogP contribution in [0.1, 0.15) is 30.1 Å². The van der Waals surface area contributed by atoms with E-state index in [0.29, 0.717) is 10.6 Å². The molecule has 1 fully saturated rings. The van der Waals surface area contributed by atoms with Gasteiger partial charge in [0.25, 0.3) is 0 Å². The highest BCUT2D eigenvalue weighted by Crippen LogP contribution is 2.13. The molecule has 1 aliphatic rings. The molecule has 1 amide bonds. The molecular formula is C15H19ClN2O2. The summed E-state index contributed by atoms with van der Waals surface area (Å²) in [6.07, 6.45) is 0.517. The van der Waals surface area contributed by atoms with Crippen LogP contribution in [-0.2, 0) is 4.79 Å². The quantitative estimate of drug-likeness (QED) is 0.866. The van der Waals surface area contributed by atoms with Gasteiger partial charge in [0.2, 0.25) is 5.91 Å². The minimum atomic E-state index is -0.0159. The molecule has 108 valence electrons. The summed E-state index contributed by atoms with van der Waals surface area (Å²) in [5.41, 5.74) is 0.607. The predicted molar refractivity (Wildman–Crippen MR) is 79.1 cm³/mol. The van der Waals surface area contributed by atoms with Gasteiger partial charge in [0, 0.05) is 49.1 Å². The molecule has 1 N–H and O–H groups in total. The Balaban J connectivity index is 1.86. The van der Waals surface area contributed by atoms with Crippen LogP contribution in [0.2, 0.25) is 5.02 Å². The first-order valence-corrected chi connectivity index (χ1v) is 7.24. The number of rotatable bonds is 4. The topological polar surface area (TPSA) is 49.4 Å². The van der Waals surface area contributed by atoms with Crippen LogP contribution in [0.4, 0.5) is 0 Å². The first-order chi connectivity index (χ1) is 9.58.